The van der Waals surface area contributed by atoms with Crippen LogP contribution in [0.15, 0.2) is 66.2 Å². The van der Waals surface area contributed by atoms with Gasteiger partial charge in [-0.05, 0) is 65.4 Å². The highest BCUT2D eigenvalue weighted by Gasteiger charge is 2.47. The first-order valence-electron chi connectivity index (χ1n) is 11.0. The van der Waals surface area contributed by atoms with Crippen molar-refractivity contribution in [3.8, 4) is 0 Å². The summed E-state index contributed by atoms with van der Waals surface area (Å²) in [6, 6.07) is 14.0. The summed E-state index contributed by atoms with van der Waals surface area (Å²) < 4.78 is 27.7. The first kappa shape index (κ1) is 24.6. The van der Waals surface area contributed by atoms with Crippen molar-refractivity contribution < 1.29 is 23.5 Å². The third kappa shape index (κ3) is 4.46. The molecule has 0 bridgehead atoms. The van der Waals surface area contributed by atoms with Crippen LogP contribution in [0.3, 0.4) is 0 Å². The number of aliphatic hydroxyl groups excluding tert-OH is 1. The summed E-state index contributed by atoms with van der Waals surface area (Å²) in [6.45, 7) is 7.72. The highest BCUT2D eigenvalue weighted by atomic mass is 35.5. The maximum absolute atomic E-state index is 13.9. The maximum Gasteiger partial charge on any atom is 0.300 e. The molecule has 3 aromatic rings. The van der Waals surface area contributed by atoms with Gasteiger partial charge in [0.05, 0.1) is 16.6 Å². The van der Waals surface area contributed by atoms with Gasteiger partial charge in [0.2, 0.25) is 0 Å². The van der Waals surface area contributed by atoms with E-state index >= 15 is 0 Å². The van der Waals surface area contributed by atoms with Crippen LogP contribution in [-0.4, -0.2) is 16.8 Å². The van der Waals surface area contributed by atoms with Crippen LogP contribution in [0.4, 0.5) is 14.5 Å². The Labute approximate surface area is 207 Å². The molecular formula is C28H24ClF2NO3. The SMILES string of the molecule is Cc1cc(/C(O)=C2\C(=O)C(=O)N(c3ccc(F)c(Cl)c3)C2c2ccc(C(C)(C)C)cc2)ccc1F. The van der Waals surface area contributed by atoms with Gasteiger partial charge in [-0.1, -0.05) is 56.6 Å². The molecule has 0 saturated carbocycles. The van der Waals surface area contributed by atoms with E-state index in [1.54, 1.807) is 12.1 Å². The number of ketones is 1. The van der Waals surface area contributed by atoms with E-state index in [0.717, 1.165) is 11.6 Å². The maximum atomic E-state index is 13.9. The van der Waals surface area contributed by atoms with Crippen LogP contribution >= 0.6 is 11.6 Å². The molecule has 7 heteroatoms. The molecule has 1 atom stereocenters. The zero-order valence-corrected chi connectivity index (χ0v) is 20.5. The number of Topliss-reactive ketones (excluding diaryl/α,β-unsaturated/α-hetero) is 1. The molecule has 1 heterocycles. The minimum atomic E-state index is -1.00. The predicted octanol–water partition coefficient (Wildman–Crippen LogP) is 6.85. The van der Waals surface area contributed by atoms with Crippen molar-refractivity contribution in [2.24, 2.45) is 0 Å². The van der Waals surface area contributed by atoms with Gasteiger partial charge >= 0.3 is 0 Å². The van der Waals surface area contributed by atoms with E-state index in [1.807, 2.05) is 12.1 Å². The lowest BCUT2D eigenvalue weighted by atomic mass is 9.85. The first-order chi connectivity index (χ1) is 16.4. The molecule has 1 N–H and O–H groups in total. The van der Waals surface area contributed by atoms with E-state index in [9.17, 15) is 23.5 Å². The Morgan fingerprint density at radius 2 is 1.57 bits per heavy atom. The molecule has 1 aliphatic rings. The number of hydrogen-bond donors (Lipinski definition) is 1. The number of amides is 1. The van der Waals surface area contributed by atoms with Crippen LogP contribution in [0.5, 0.6) is 0 Å². The smallest absolute Gasteiger partial charge is 0.300 e. The fourth-order valence-corrected chi connectivity index (χ4v) is 4.34. The van der Waals surface area contributed by atoms with Crippen molar-refractivity contribution in [2.75, 3.05) is 4.90 Å². The number of carbonyl (C=O) groups is 2. The van der Waals surface area contributed by atoms with Gasteiger partial charge in [0.25, 0.3) is 11.7 Å². The Hall–Kier alpha value is -3.51. The molecule has 1 amide bonds. The summed E-state index contributed by atoms with van der Waals surface area (Å²) >= 11 is 5.97. The van der Waals surface area contributed by atoms with Gasteiger partial charge in [0.1, 0.15) is 17.4 Å². The third-order valence-electron chi connectivity index (χ3n) is 6.15. The van der Waals surface area contributed by atoms with E-state index in [2.05, 4.69) is 20.8 Å². The molecule has 3 aromatic carbocycles. The number of hydrogen-bond acceptors (Lipinski definition) is 3. The molecule has 1 saturated heterocycles. The van der Waals surface area contributed by atoms with Gasteiger partial charge in [-0.15, -0.1) is 0 Å². The van der Waals surface area contributed by atoms with E-state index in [4.69, 9.17) is 11.6 Å². The Morgan fingerprint density at radius 1 is 0.943 bits per heavy atom. The predicted molar refractivity (Wildman–Crippen MR) is 132 cm³/mol. The molecule has 0 aromatic heterocycles. The molecule has 180 valence electrons. The minimum Gasteiger partial charge on any atom is -0.507 e. The van der Waals surface area contributed by atoms with Crippen molar-refractivity contribution in [3.63, 3.8) is 0 Å². The van der Waals surface area contributed by atoms with Crippen LogP contribution in [0, 0.1) is 18.6 Å². The van der Waals surface area contributed by atoms with Crippen molar-refractivity contribution in [2.45, 2.75) is 39.2 Å². The number of aryl methyl sites for hydroxylation is 1. The van der Waals surface area contributed by atoms with Crippen molar-refractivity contribution in [1.29, 1.82) is 0 Å². The normalized spacial score (nSPS) is 17.8. The standard InChI is InChI=1S/C28H24ClF2NO3/c1-15-13-17(7-11-21(15)30)25(33)23-24(16-5-8-18(9-6-16)28(2,3)4)32(27(35)26(23)34)19-10-12-22(31)20(29)14-19/h5-14,24,33H,1-4H3/b25-23+. The van der Waals surface area contributed by atoms with Crippen LogP contribution in [0.25, 0.3) is 5.76 Å². The highest BCUT2D eigenvalue weighted by Crippen LogP contribution is 2.43. The van der Waals surface area contributed by atoms with E-state index in [1.165, 1.54) is 42.2 Å². The Balaban J connectivity index is 1.95. The fourth-order valence-electron chi connectivity index (χ4n) is 4.16. The van der Waals surface area contributed by atoms with E-state index in [-0.39, 0.29) is 32.8 Å². The number of carbonyl (C=O) groups excluding carboxylic acids is 2. The molecule has 0 spiro atoms. The van der Waals surface area contributed by atoms with Gasteiger partial charge in [-0.25, -0.2) is 8.78 Å². The molecule has 35 heavy (non-hydrogen) atoms. The highest BCUT2D eigenvalue weighted by molar-refractivity contribution is 6.51. The molecule has 4 nitrogen and oxygen atoms in total. The lowest BCUT2D eigenvalue weighted by molar-refractivity contribution is -0.132. The summed E-state index contributed by atoms with van der Waals surface area (Å²) in [5.74, 6) is -3.35. The fraction of sp³-hybridized carbons (Fsp3) is 0.214. The van der Waals surface area contributed by atoms with Crippen molar-refractivity contribution in [3.05, 3.63) is 105 Å². The summed E-state index contributed by atoms with van der Waals surface area (Å²) in [7, 11) is 0. The topological polar surface area (TPSA) is 57.6 Å². The summed E-state index contributed by atoms with van der Waals surface area (Å²) in [6.07, 6.45) is 0. The second-order valence-corrected chi connectivity index (χ2v) is 10.0. The molecule has 1 fully saturated rings. The average Bonchev–Trinajstić information content (AvgIpc) is 3.07. The van der Waals surface area contributed by atoms with Gasteiger partial charge < -0.3 is 5.11 Å². The monoisotopic (exact) mass is 495 g/mol. The number of aliphatic hydroxyl groups is 1. The zero-order chi connectivity index (χ0) is 25.7. The quantitative estimate of drug-likeness (QED) is 0.245. The number of rotatable bonds is 3. The molecule has 0 aliphatic carbocycles. The van der Waals surface area contributed by atoms with Crippen molar-refractivity contribution in [1.82, 2.24) is 0 Å². The summed E-state index contributed by atoms with van der Waals surface area (Å²) in [4.78, 5) is 27.6. The first-order valence-corrected chi connectivity index (χ1v) is 11.4. The Morgan fingerprint density at radius 3 is 2.14 bits per heavy atom. The molecule has 0 radical (unpaired) electrons. The van der Waals surface area contributed by atoms with Gasteiger partial charge in [-0.3, -0.25) is 14.5 Å². The van der Waals surface area contributed by atoms with Crippen LogP contribution < -0.4 is 4.90 Å². The van der Waals surface area contributed by atoms with Gasteiger partial charge in [0.15, 0.2) is 0 Å². The minimum absolute atomic E-state index is 0.129. The number of benzene rings is 3. The second kappa shape index (κ2) is 8.93. The lowest BCUT2D eigenvalue weighted by Gasteiger charge is -2.27. The van der Waals surface area contributed by atoms with E-state index in [0.29, 0.717) is 5.56 Å². The zero-order valence-electron chi connectivity index (χ0n) is 19.7. The molecule has 4 rings (SSSR count). The van der Waals surface area contributed by atoms with Crippen LogP contribution in [-0.2, 0) is 15.0 Å². The van der Waals surface area contributed by atoms with Crippen LogP contribution in [0.1, 0.15) is 49.1 Å². The van der Waals surface area contributed by atoms with Crippen LogP contribution in [0.2, 0.25) is 5.02 Å². The molecule has 1 aliphatic heterocycles. The summed E-state index contributed by atoms with van der Waals surface area (Å²) in [5.41, 5.74) is 2.02. The number of halogens is 3. The summed E-state index contributed by atoms with van der Waals surface area (Å²) in [5, 5.41) is 11.0. The van der Waals surface area contributed by atoms with Crippen molar-refractivity contribution >= 4 is 34.7 Å². The third-order valence-corrected chi connectivity index (χ3v) is 6.44. The van der Waals surface area contributed by atoms with Gasteiger partial charge in [0, 0.05) is 11.3 Å². The molecule has 1 unspecified atom stereocenters. The second-order valence-electron chi connectivity index (χ2n) is 9.60. The van der Waals surface area contributed by atoms with E-state index < -0.39 is 35.1 Å². The molecular weight excluding hydrogens is 472 g/mol. The number of nitrogens with zero attached hydrogens (tertiary/aromatic N) is 1. The lowest BCUT2D eigenvalue weighted by Crippen LogP contribution is -2.29. The average molecular weight is 496 g/mol. The van der Waals surface area contributed by atoms with Gasteiger partial charge in [-0.2, -0.15) is 0 Å². The largest absolute Gasteiger partial charge is 0.507 e. The Bertz CT molecular complexity index is 1370. The number of anilines is 1. The Kier molecular flexibility index (Phi) is 6.28.